The fourth-order valence-electron chi connectivity index (χ4n) is 3.07. The van der Waals surface area contributed by atoms with E-state index in [1.54, 1.807) is 35.5 Å². The second-order valence-electron chi connectivity index (χ2n) is 6.09. The third kappa shape index (κ3) is 2.18. The minimum Gasteiger partial charge on any atom is -0.304 e. The van der Waals surface area contributed by atoms with Crippen molar-refractivity contribution in [3.63, 3.8) is 0 Å². The van der Waals surface area contributed by atoms with Crippen molar-refractivity contribution in [2.24, 2.45) is 0 Å². The standard InChI is InChI=1S/C18H11N9/c1-4-26-10-14(12-7-16-20-3-6-27(16)21-8-12)24-18(26)23-13(1)15-11-25-5-2-19-9-17(25)22-15/h1-11H. The summed E-state index contributed by atoms with van der Waals surface area (Å²) in [6.07, 6.45) is 16.4. The fourth-order valence-corrected chi connectivity index (χ4v) is 3.07. The molecule has 0 spiro atoms. The van der Waals surface area contributed by atoms with Gasteiger partial charge in [0.15, 0.2) is 11.3 Å². The van der Waals surface area contributed by atoms with Gasteiger partial charge in [-0.15, -0.1) is 0 Å². The summed E-state index contributed by atoms with van der Waals surface area (Å²) in [5, 5.41) is 4.34. The molecule has 6 rings (SSSR count). The molecular formula is C18H11N9. The van der Waals surface area contributed by atoms with Crippen molar-refractivity contribution in [1.82, 2.24) is 43.3 Å². The number of rotatable bonds is 2. The third-order valence-corrected chi connectivity index (χ3v) is 4.40. The van der Waals surface area contributed by atoms with Gasteiger partial charge in [0.1, 0.15) is 5.69 Å². The summed E-state index contributed by atoms with van der Waals surface area (Å²) in [7, 11) is 0. The topological polar surface area (TPSA) is 90.6 Å². The molecule has 0 aliphatic rings. The predicted molar refractivity (Wildman–Crippen MR) is 96.9 cm³/mol. The van der Waals surface area contributed by atoms with Gasteiger partial charge in [0.05, 0.1) is 23.8 Å². The molecule has 0 bridgehead atoms. The van der Waals surface area contributed by atoms with E-state index in [1.165, 1.54) is 0 Å². The van der Waals surface area contributed by atoms with Gasteiger partial charge < -0.3 is 4.40 Å². The van der Waals surface area contributed by atoms with Gasteiger partial charge in [-0.1, -0.05) is 0 Å². The molecule has 0 aromatic carbocycles. The summed E-state index contributed by atoms with van der Waals surface area (Å²) in [4.78, 5) is 22.2. The maximum absolute atomic E-state index is 4.65. The van der Waals surface area contributed by atoms with Crippen molar-refractivity contribution in [2.75, 3.05) is 0 Å². The van der Waals surface area contributed by atoms with E-state index in [0.717, 1.165) is 33.9 Å². The van der Waals surface area contributed by atoms with Gasteiger partial charge in [-0.25, -0.2) is 24.5 Å². The minimum absolute atomic E-state index is 0.598. The minimum atomic E-state index is 0.598. The van der Waals surface area contributed by atoms with E-state index in [1.807, 2.05) is 45.7 Å². The summed E-state index contributed by atoms with van der Waals surface area (Å²) >= 11 is 0. The van der Waals surface area contributed by atoms with E-state index < -0.39 is 0 Å². The number of fused-ring (bicyclic) bond motifs is 3. The van der Waals surface area contributed by atoms with Crippen LogP contribution in [0.4, 0.5) is 0 Å². The highest BCUT2D eigenvalue weighted by molar-refractivity contribution is 5.66. The lowest BCUT2D eigenvalue weighted by Crippen LogP contribution is -1.91. The van der Waals surface area contributed by atoms with Crippen molar-refractivity contribution in [1.29, 1.82) is 0 Å². The Bertz CT molecular complexity index is 1410. The molecule has 6 aromatic rings. The molecule has 6 heterocycles. The highest BCUT2D eigenvalue weighted by Gasteiger charge is 2.11. The van der Waals surface area contributed by atoms with Crippen LogP contribution in [0.1, 0.15) is 0 Å². The Balaban J connectivity index is 1.46. The summed E-state index contributed by atoms with van der Waals surface area (Å²) in [5.41, 5.74) is 4.76. The molecule has 0 amide bonds. The van der Waals surface area contributed by atoms with E-state index in [0.29, 0.717) is 5.78 Å². The van der Waals surface area contributed by atoms with Gasteiger partial charge in [-0.3, -0.25) is 9.38 Å². The van der Waals surface area contributed by atoms with Crippen molar-refractivity contribution >= 4 is 17.1 Å². The Labute approximate surface area is 151 Å². The zero-order valence-electron chi connectivity index (χ0n) is 13.9. The van der Waals surface area contributed by atoms with Gasteiger partial charge in [-0.05, 0) is 12.1 Å². The molecule has 9 heteroatoms. The maximum atomic E-state index is 4.65. The first kappa shape index (κ1) is 14.1. The predicted octanol–water partition coefficient (Wildman–Crippen LogP) is 2.15. The highest BCUT2D eigenvalue weighted by atomic mass is 15.2. The largest absolute Gasteiger partial charge is 0.304 e. The smallest absolute Gasteiger partial charge is 0.234 e. The van der Waals surface area contributed by atoms with Crippen LogP contribution >= 0.6 is 0 Å². The average molecular weight is 353 g/mol. The monoisotopic (exact) mass is 353 g/mol. The Morgan fingerprint density at radius 1 is 0.741 bits per heavy atom. The Morgan fingerprint density at radius 3 is 2.63 bits per heavy atom. The van der Waals surface area contributed by atoms with E-state index in [2.05, 4.69) is 30.0 Å². The van der Waals surface area contributed by atoms with Gasteiger partial charge in [0.25, 0.3) is 0 Å². The second kappa shape index (κ2) is 5.18. The van der Waals surface area contributed by atoms with Crippen LogP contribution in [0, 0.1) is 0 Å². The molecule has 9 nitrogen and oxygen atoms in total. The summed E-state index contributed by atoms with van der Waals surface area (Å²) in [5.74, 6) is 0.598. The molecule has 0 saturated heterocycles. The summed E-state index contributed by atoms with van der Waals surface area (Å²) in [6, 6.07) is 3.87. The zero-order chi connectivity index (χ0) is 17.8. The SMILES string of the molecule is c1cn2cc(-c3ccn4cc(-c5cnn6ccnc6c5)nc4n3)nc2cn1. The molecule has 0 saturated carbocycles. The van der Waals surface area contributed by atoms with E-state index in [9.17, 15) is 0 Å². The lowest BCUT2D eigenvalue weighted by Gasteiger charge is -1.96. The molecule has 0 radical (unpaired) electrons. The first-order chi connectivity index (χ1) is 13.3. The molecule has 128 valence electrons. The van der Waals surface area contributed by atoms with E-state index in [-0.39, 0.29) is 0 Å². The van der Waals surface area contributed by atoms with Gasteiger partial charge in [-0.2, -0.15) is 5.10 Å². The molecule has 0 unspecified atom stereocenters. The fraction of sp³-hybridized carbons (Fsp3) is 0. The first-order valence-corrected chi connectivity index (χ1v) is 8.28. The molecule has 0 aliphatic heterocycles. The molecule has 0 N–H and O–H groups in total. The van der Waals surface area contributed by atoms with Crippen molar-refractivity contribution in [3.05, 3.63) is 67.9 Å². The number of aromatic nitrogens is 9. The zero-order valence-corrected chi connectivity index (χ0v) is 13.9. The van der Waals surface area contributed by atoms with Crippen LogP contribution in [0.5, 0.6) is 0 Å². The Morgan fingerprint density at radius 2 is 1.67 bits per heavy atom. The van der Waals surface area contributed by atoms with E-state index in [4.69, 9.17) is 0 Å². The van der Waals surface area contributed by atoms with Crippen LogP contribution in [0.15, 0.2) is 67.9 Å². The van der Waals surface area contributed by atoms with Gasteiger partial charge in [0.2, 0.25) is 5.78 Å². The third-order valence-electron chi connectivity index (χ3n) is 4.40. The molecule has 0 atom stereocenters. The lowest BCUT2D eigenvalue weighted by atomic mass is 10.2. The van der Waals surface area contributed by atoms with Crippen molar-refractivity contribution < 1.29 is 0 Å². The normalized spacial score (nSPS) is 11.7. The lowest BCUT2D eigenvalue weighted by molar-refractivity contribution is 0.937. The number of hydrogen-bond acceptors (Lipinski definition) is 6. The second-order valence-corrected chi connectivity index (χ2v) is 6.09. The quantitative estimate of drug-likeness (QED) is 0.474. The van der Waals surface area contributed by atoms with Crippen LogP contribution in [-0.4, -0.2) is 43.3 Å². The number of nitrogens with zero attached hydrogens (tertiary/aromatic N) is 9. The molecule has 27 heavy (non-hydrogen) atoms. The van der Waals surface area contributed by atoms with Crippen LogP contribution in [0.25, 0.3) is 39.7 Å². The van der Waals surface area contributed by atoms with Crippen LogP contribution in [-0.2, 0) is 0 Å². The molecule has 0 fully saturated rings. The summed E-state index contributed by atoms with van der Waals surface area (Å²) < 4.78 is 5.51. The maximum Gasteiger partial charge on any atom is 0.234 e. The molecule has 0 aliphatic carbocycles. The van der Waals surface area contributed by atoms with Crippen LogP contribution < -0.4 is 0 Å². The molecule has 6 aromatic heterocycles. The van der Waals surface area contributed by atoms with Crippen molar-refractivity contribution in [2.45, 2.75) is 0 Å². The van der Waals surface area contributed by atoms with Crippen LogP contribution in [0.3, 0.4) is 0 Å². The highest BCUT2D eigenvalue weighted by Crippen LogP contribution is 2.21. The van der Waals surface area contributed by atoms with Gasteiger partial charge >= 0.3 is 0 Å². The van der Waals surface area contributed by atoms with E-state index >= 15 is 0 Å². The van der Waals surface area contributed by atoms with Gasteiger partial charge in [0, 0.05) is 48.9 Å². The summed E-state index contributed by atoms with van der Waals surface area (Å²) in [6.45, 7) is 0. The average Bonchev–Trinajstić information content (AvgIpc) is 3.42. The van der Waals surface area contributed by atoms with Crippen LogP contribution in [0.2, 0.25) is 0 Å². The Kier molecular flexibility index (Phi) is 2.70. The number of imidazole rings is 3. The number of hydrogen-bond donors (Lipinski definition) is 0. The van der Waals surface area contributed by atoms with Crippen molar-refractivity contribution in [3.8, 4) is 22.6 Å². The first-order valence-electron chi connectivity index (χ1n) is 8.28. The Hall–Kier alpha value is -4.14. The molecular weight excluding hydrogens is 342 g/mol.